The maximum Gasteiger partial charge on any atom is 0.243 e. The molecule has 92 valence electrons. The van der Waals surface area contributed by atoms with Crippen LogP contribution in [0.4, 0.5) is 0 Å². The SMILES string of the molecule is C=CC(=O)NC1CCCN(CC(C)(C)C)C1. The number of nitrogens with one attached hydrogen (secondary N) is 1. The molecule has 1 amide bonds. The molecule has 1 saturated heterocycles. The highest BCUT2D eigenvalue weighted by atomic mass is 16.1. The van der Waals surface area contributed by atoms with Crippen LogP contribution in [0.25, 0.3) is 0 Å². The lowest BCUT2D eigenvalue weighted by atomic mass is 9.94. The molecule has 3 heteroatoms. The van der Waals surface area contributed by atoms with E-state index in [-0.39, 0.29) is 5.91 Å². The van der Waals surface area contributed by atoms with E-state index in [1.807, 2.05) is 0 Å². The van der Waals surface area contributed by atoms with Crippen LogP contribution in [0.2, 0.25) is 0 Å². The van der Waals surface area contributed by atoms with Gasteiger partial charge < -0.3 is 10.2 Å². The van der Waals surface area contributed by atoms with Crippen molar-refractivity contribution in [3.05, 3.63) is 12.7 Å². The molecule has 3 nitrogen and oxygen atoms in total. The third-order valence-corrected chi connectivity index (χ3v) is 2.74. The fourth-order valence-electron chi connectivity index (χ4n) is 2.25. The fraction of sp³-hybridized carbons (Fsp3) is 0.769. The monoisotopic (exact) mass is 224 g/mol. The van der Waals surface area contributed by atoms with Gasteiger partial charge in [0.2, 0.25) is 5.91 Å². The van der Waals surface area contributed by atoms with Crippen LogP contribution >= 0.6 is 0 Å². The van der Waals surface area contributed by atoms with Gasteiger partial charge in [-0.2, -0.15) is 0 Å². The topological polar surface area (TPSA) is 32.3 Å². The smallest absolute Gasteiger partial charge is 0.243 e. The molecule has 0 aromatic heterocycles. The lowest BCUT2D eigenvalue weighted by Crippen LogP contribution is -2.49. The second-order valence-electron chi connectivity index (χ2n) is 5.85. The molecular formula is C13H24N2O. The molecule has 0 spiro atoms. The molecule has 0 radical (unpaired) electrons. The largest absolute Gasteiger partial charge is 0.349 e. The summed E-state index contributed by atoms with van der Waals surface area (Å²) in [6.07, 6.45) is 3.60. The summed E-state index contributed by atoms with van der Waals surface area (Å²) in [7, 11) is 0. The van der Waals surface area contributed by atoms with Crippen molar-refractivity contribution in [2.24, 2.45) is 5.41 Å². The highest BCUT2D eigenvalue weighted by Crippen LogP contribution is 2.19. The number of carbonyl (C=O) groups is 1. The molecule has 1 aliphatic heterocycles. The van der Waals surface area contributed by atoms with Gasteiger partial charge in [-0.05, 0) is 30.9 Å². The third-order valence-electron chi connectivity index (χ3n) is 2.74. The number of nitrogens with zero attached hydrogens (tertiary/aromatic N) is 1. The van der Waals surface area contributed by atoms with Gasteiger partial charge in [0, 0.05) is 19.1 Å². The first-order chi connectivity index (χ1) is 7.40. The Labute approximate surface area is 98.9 Å². The van der Waals surface area contributed by atoms with E-state index in [2.05, 4.69) is 37.6 Å². The highest BCUT2D eigenvalue weighted by molar-refractivity contribution is 5.87. The summed E-state index contributed by atoms with van der Waals surface area (Å²) in [6, 6.07) is 0.293. The molecule has 1 fully saturated rings. The van der Waals surface area contributed by atoms with Crippen molar-refractivity contribution in [1.82, 2.24) is 10.2 Å². The van der Waals surface area contributed by atoms with Crippen LogP contribution in [0.15, 0.2) is 12.7 Å². The van der Waals surface area contributed by atoms with E-state index in [1.54, 1.807) is 0 Å². The molecular weight excluding hydrogens is 200 g/mol. The molecule has 1 rings (SSSR count). The van der Waals surface area contributed by atoms with Crippen molar-refractivity contribution in [1.29, 1.82) is 0 Å². The Morgan fingerprint density at radius 3 is 2.81 bits per heavy atom. The van der Waals surface area contributed by atoms with Gasteiger partial charge in [0.25, 0.3) is 0 Å². The Morgan fingerprint density at radius 2 is 2.25 bits per heavy atom. The van der Waals surface area contributed by atoms with Crippen molar-refractivity contribution in [2.75, 3.05) is 19.6 Å². The van der Waals surface area contributed by atoms with Crippen molar-refractivity contribution in [2.45, 2.75) is 39.7 Å². The van der Waals surface area contributed by atoms with Gasteiger partial charge in [0.1, 0.15) is 0 Å². The van der Waals surface area contributed by atoms with E-state index in [4.69, 9.17) is 0 Å². The summed E-state index contributed by atoms with van der Waals surface area (Å²) in [6.45, 7) is 13.4. The van der Waals surface area contributed by atoms with Gasteiger partial charge >= 0.3 is 0 Å². The molecule has 1 aliphatic rings. The lowest BCUT2D eigenvalue weighted by molar-refractivity contribution is -0.117. The number of piperidine rings is 1. The number of rotatable bonds is 3. The molecule has 0 aromatic carbocycles. The van der Waals surface area contributed by atoms with E-state index < -0.39 is 0 Å². The molecule has 0 bridgehead atoms. The molecule has 1 atom stereocenters. The highest BCUT2D eigenvalue weighted by Gasteiger charge is 2.23. The lowest BCUT2D eigenvalue weighted by Gasteiger charge is -2.36. The normalized spacial score (nSPS) is 22.8. The van der Waals surface area contributed by atoms with Crippen LogP contribution in [0.1, 0.15) is 33.6 Å². The van der Waals surface area contributed by atoms with Crippen LogP contribution in [0.3, 0.4) is 0 Å². The van der Waals surface area contributed by atoms with Crippen molar-refractivity contribution in [3.63, 3.8) is 0 Å². The van der Waals surface area contributed by atoms with Gasteiger partial charge in [-0.15, -0.1) is 0 Å². The molecule has 1 heterocycles. The minimum atomic E-state index is -0.0531. The average molecular weight is 224 g/mol. The standard InChI is InChI=1S/C13H24N2O/c1-5-12(16)14-11-7-6-8-15(9-11)10-13(2,3)4/h5,11H,1,6-10H2,2-4H3,(H,14,16). The Kier molecular flexibility index (Phi) is 4.54. The number of hydrogen-bond acceptors (Lipinski definition) is 2. The quantitative estimate of drug-likeness (QED) is 0.741. The van der Waals surface area contributed by atoms with Crippen LogP contribution in [0.5, 0.6) is 0 Å². The summed E-state index contributed by atoms with van der Waals surface area (Å²) in [5.74, 6) is -0.0531. The summed E-state index contributed by atoms with van der Waals surface area (Å²) >= 11 is 0. The molecule has 0 aliphatic carbocycles. The van der Waals surface area contributed by atoms with Crippen LogP contribution in [0, 0.1) is 5.41 Å². The Bertz CT molecular complexity index is 255. The van der Waals surface area contributed by atoms with Gasteiger partial charge in [0.05, 0.1) is 0 Å². The van der Waals surface area contributed by atoms with Crippen molar-refractivity contribution < 1.29 is 4.79 Å². The second kappa shape index (κ2) is 5.48. The Hall–Kier alpha value is -0.830. The van der Waals surface area contributed by atoms with E-state index in [1.165, 1.54) is 6.08 Å². The summed E-state index contributed by atoms with van der Waals surface area (Å²) in [5.41, 5.74) is 0.324. The van der Waals surface area contributed by atoms with Gasteiger partial charge in [-0.3, -0.25) is 4.79 Å². The predicted octanol–water partition coefficient (Wildman–Crippen LogP) is 1.80. The first-order valence-electron chi connectivity index (χ1n) is 6.06. The molecule has 16 heavy (non-hydrogen) atoms. The van der Waals surface area contributed by atoms with E-state index >= 15 is 0 Å². The fourth-order valence-corrected chi connectivity index (χ4v) is 2.25. The number of likely N-dealkylation sites (tertiary alicyclic amines) is 1. The maximum absolute atomic E-state index is 11.2. The summed E-state index contributed by atoms with van der Waals surface area (Å²) < 4.78 is 0. The van der Waals surface area contributed by atoms with E-state index in [0.717, 1.165) is 32.5 Å². The summed E-state index contributed by atoms with van der Waals surface area (Å²) in [4.78, 5) is 13.7. The zero-order valence-electron chi connectivity index (χ0n) is 10.8. The Balaban J connectivity index is 2.41. The van der Waals surface area contributed by atoms with Gasteiger partial charge in [-0.1, -0.05) is 27.4 Å². The zero-order chi connectivity index (χ0) is 12.2. The third kappa shape index (κ3) is 4.79. The van der Waals surface area contributed by atoms with E-state index in [0.29, 0.717) is 11.5 Å². The molecule has 1 unspecified atom stereocenters. The van der Waals surface area contributed by atoms with Crippen LogP contribution in [-0.2, 0) is 4.79 Å². The minimum Gasteiger partial charge on any atom is -0.349 e. The van der Waals surface area contributed by atoms with Gasteiger partial charge in [0.15, 0.2) is 0 Å². The average Bonchev–Trinajstić information content (AvgIpc) is 2.15. The molecule has 0 saturated carbocycles. The van der Waals surface area contributed by atoms with Crippen molar-refractivity contribution in [3.8, 4) is 0 Å². The molecule has 0 aromatic rings. The first kappa shape index (κ1) is 13.2. The maximum atomic E-state index is 11.2. The first-order valence-corrected chi connectivity index (χ1v) is 6.06. The Morgan fingerprint density at radius 1 is 1.56 bits per heavy atom. The van der Waals surface area contributed by atoms with Crippen LogP contribution < -0.4 is 5.32 Å². The zero-order valence-corrected chi connectivity index (χ0v) is 10.8. The van der Waals surface area contributed by atoms with Crippen molar-refractivity contribution >= 4 is 5.91 Å². The van der Waals surface area contributed by atoms with Crippen LogP contribution in [-0.4, -0.2) is 36.5 Å². The van der Waals surface area contributed by atoms with E-state index in [9.17, 15) is 4.79 Å². The summed E-state index contributed by atoms with van der Waals surface area (Å²) in [5, 5.41) is 2.99. The second-order valence-corrected chi connectivity index (χ2v) is 5.85. The number of hydrogen-bond donors (Lipinski definition) is 1. The number of carbonyl (C=O) groups excluding carboxylic acids is 1. The predicted molar refractivity (Wildman–Crippen MR) is 67.3 cm³/mol. The van der Waals surface area contributed by atoms with Gasteiger partial charge in [-0.25, -0.2) is 0 Å². The number of amides is 1. The molecule has 1 N–H and O–H groups in total. The minimum absolute atomic E-state index is 0.0531.